The molecule has 108 valence electrons. The van der Waals surface area contributed by atoms with Crippen LogP contribution in [0.1, 0.15) is 23.7 Å². The summed E-state index contributed by atoms with van der Waals surface area (Å²) >= 11 is 0. The molecule has 1 aromatic heterocycles. The highest BCUT2D eigenvalue weighted by molar-refractivity contribution is 6.07. The van der Waals surface area contributed by atoms with Gasteiger partial charge in [-0.15, -0.1) is 0 Å². The number of benzene rings is 1. The van der Waals surface area contributed by atoms with Gasteiger partial charge in [-0.05, 0) is 19.4 Å². The molecule has 2 aromatic rings. The van der Waals surface area contributed by atoms with E-state index >= 15 is 0 Å². The van der Waals surface area contributed by atoms with Crippen molar-refractivity contribution in [3.8, 4) is 0 Å². The molecule has 21 heavy (non-hydrogen) atoms. The van der Waals surface area contributed by atoms with E-state index in [9.17, 15) is 9.59 Å². The number of nitrogens with one attached hydrogen (secondary N) is 1. The fourth-order valence-electron chi connectivity index (χ4n) is 2.40. The van der Waals surface area contributed by atoms with Gasteiger partial charge in [-0.3, -0.25) is 9.69 Å². The van der Waals surface area contributed by atoms with Crippen LogP contribution in [0.15, 0.2) is 41.1 Å². The fraction of sp³-hybridized carbons (Fsp3) is 0.267. The van der Waals surface area contributed by atoms with Gasteiger partial charge in [0.2, 0.25) is 0 Å². The van der Waals surface area contributed by atoms with Gasteiger partial charge in [-0.1, -0.05) is 35.0 Å². The summed E-state index contributed by atoms with van der Waals surface area (Å²) in [5.74, 6) is -0.292. The Bertz CT molecular complexity index is 679. The van der Waals surface area contributed by atoms with Crippen LogP contribution in [-0.2, 0) is 16.9 Å². The number of carbonyl (C=O) groups is 2. The molecule has 0 unspecified atom stereocenters. The summed E-state index contributed by atoms with van der Waals surface area (Å²) in [6.45, 7) is 3.78. The summed E-state index contributed by atoms with van der Waals surface area (Å²) in [5.41, 5.74) is 1.34. The maximum absolute atomic E-state index is 12.6. The van der Waals surface area contributed by atoms with Gasteiger partial charge in [0.1, 0.15) is 17.5 Å². The molecule has 0 bridgehead atoms. The highest BCUT2D eigenvalue weighted by atomic mass is 16.5. The molecule has 3 rings (SSSR count). The fourth-order valence-corrected chi connectivity index (χ4v) is 2.40. The lowest BCUT2D eigenvalue weighted by atomic mass is 9.91. The molecule has 1 N–H and O–H groups in total. The average molecular weight is 285 g/mol. The van der Waals surface area contributed by atoms with Crippen molar-refractivity contribution >= 4 is 11.9 Å². The molecule has 0 aliphatic carbocycles. The minimum Gasteiger partial charge on any atom is -0.364 e. The Labute approximate surface area is 121 Å². The largest absolute Gasteiger partial charge is 0.364 e. The zero-order valence-electron chi connectivity index (χ0n) is 11.8. The van der Waals surface area contributed by atoms with Crippen molar-refractivity contribution in [2.45, 2.75) is 25.9 Å². The van der Waals surface area contributed by atoms with Crippen LogP contribution in [0.3, 0.4) is 0 Å². The van der Waals surface area contributed by atoms with Crippen molar-refractivity contribution in [2.24, 2.45) is 0 Å². The number of aromatic nitrogens is 1. The smallest absolute Gasteiger partial charge is 0.325 e. The van der Waals surface area contributed by atoms with E-state index < -0.39 is 11.6 Å². The normalized spacial score (nSPS) is 21.7. The molecule has 6 nitrogen and oxygen atoms in total. The first-order chi connectivity index (χ1) is 10.0. The molecule has 3 amide bonds. The first-order valence-electron chi connectivity index (χ1n) is 6.61. The Morgan fingerprint density at radius 3 is 2.57 bits per heavy atom. The van der Waals surface area contributed by atoms with E-state index in [-0.39, 0.29) is 12.5 Å². The highest BCUT2D eigenvalue weighted by Gasteiger charge is 2.49. The van der Waals surface area contributed by atoms with Crippen molar-refractivity contribution in [1.82, 2.24) is 15.4 Å². The minimum absolute atomic E-state index is 0.0998. The summed E-state index contributed by atoms with van der Waals surface area (Å²) in [6.07, 6.45) is 1.41. The number of rotatable bonds is 3. The molecule has 1 aliphatic rings. The molecular weight excluding hydrogens is 270 g/mol. The van der Waals surface area contributed by atoms with Crippen LogP contribution in [0.5, 0.6) is 0 Å². The van der Waals surface area contributed by atoms with Gasteiger partial charge in [0, 0.05) is 6.07 Å². The second-order valence-corrected chi connectivity index (χ2v) is 5.30. The molecule has 1 saturated heterocycles. The number of amides is 3. The molecule has 1 atom stereocenters. The van der Waals surface area contributed by atoms with E-state index in [1.807, 2.05) is 31.2 Å². The predicted molar refractivity (Wildman–Crippen MR) is 74.1 cm³/mol. The van der Waals surface area contributed by atoms with Gasteiger partial charge in [0.05, 0.1) is 6.54 Å². The lowest BCUT2D eigenvalue weighted by molar-refractivity contribution is -0.131. The Morgan fingerprint density at radius 1 is 1.24 bits per heavy atom. The van der Waals surface area contributed by atoms with Gasteiger partial charge in [-0.2, -0.15) is 0 Å². The van der Waals surface area contributed by atoms with Gasteiger partial charge in [-0.25, -0.2) is 4.79 Å². The molecule has 1 fully saturated rings. The van der Waals surface area contributed by atoms with Crippen LogP contribution in [0.25, 0.3) is 0 Å². The first kappa shape index (κ1) is 13.4. The van der Waals surface area contributed by atoms with E-state index in [1.165, 1.54) is 6.26 Å². The summed E-state index contributed by atoms with van der Waals surface area (Å²) in [4.78, 5) is 25.9. The number of hydrogen-bond acceptors (Lipinski definition) is 4. The van der Waals surface area contributed by atoms with Crippen molar-refractivity contribution in [3.63, 3.8) is 0 Å². The summed E-state index contributed by atoms with van der Waals surface area (Å²) in [6, 6.07) is 8.74. The van der Waals surface area contributed by atoms with Crippen molar-refractivity contribution in [2.75, 3.05) is 0 Å². The van der Waals surface area contributed by atoms with E-state index in [0.717, 1.165) is 16.0 Å². The molecule has 0 saturated carbocycles. The summed E-state index contributed by atoms with van der Waals surface area (Å²) < 4.78 is 4.73. The second kappa shape index (κ2) is 4.73. The molecule has 2 heterocycles. The van der Waals surface area contributed by atoms with Crippen LogP contribution < -0.4 is 5.32 Å². The number of hydrogen-bond donors (Lipinski definition) is 1. The summed E-state index contributed by atoms with van der Waals surface area (Å²) in [5, 5.41) is 6.49. The van der Waals surface area contributed by atoms with E-state index in [2.05, 4.69) is 10.5 Å². The molecule has 0 radical (unpaired) electrons. The quantitative estimate of drug-likeness (QED) is 0.875. The zero-order chi connectivity index (χ0) is 15.0. The topological polar surface area (TPSA) is 75.4 Å². The Balaban J connectivity index is 1.90. The third-order valence-electron chi connectivity index (χ3n) is 3.72. The van der Waals surface area contributed by atoms with E-state index in [1.54, 1.807) is 13.0 Å². The monoisotopic (exact) mass is 285 g/mol. The molecular formula is C15H15N3O3. The third kappa shape index (κ3) is 2.18. The SMILES string of the molecule is Cc1ccc([C@]2(C)NC(=O)N(Cc3ccon3)C2=O)cc1. The lowest BCUT2D eigenvalue weighted by Crippen LogP contribution is -2.40. The van der Waals surface area contributed by atoms with E-state index in [4.69, 9.17) is 4.52 Å². The maximum atomic E-state index is 12.6. The van der Waals surface area contributed by atoms with Crippen molar-refractivity contribution < 1.29 is 14.1 Å². The average Bonchev–Trinajstić information content (AvgIpc) is 3.03. The maximum Gasteiger partial charge on any atom is 0.325 e. The number of carbonyl (C=O) groups excluding carboxylic acids is 2. The molecule has 1 aromatic carbocycles. The number of urea groups is 1. The number of nitrogens with zero attached hydrogens (tertiary/aromatic N) is 2. The van der Waals surface area contributed by atoms with Gasteiger partial charge >= 0.3 is 6.03 Å². The van der Waals surface area contributed by atoms with Gasteiger partial charge in [0.25, 0.3) is 5.91 Å². The molecule has 1 aliphatic heterocycles. The number of imide groups is 1. The molecule has 0 spiro atoms. The van der Waals surface area contributed by atoms with Crippen LogP contribution in [-0.4, -0.2) is 22.0 Å². The van der Waals surface area contributed by atoms with Gasteiger partial charge in [0.15, 0.2) is 0 Å². The van der Waals surface area contributed by atoms with Crippen LogP contribution in [0.2, 0.25) is 0 Å². The standard InChI is InChI=1S/C15H15N3O3/c1-10-3-5-11(6-4-10)15(2)13(19)18(14(20)16-15)9-12-7-8-21-17-12/h3-8H,9H2,1-2H3,(H,16,20)/t15-/m0/s1. The lowest BCUT2D eigenvalue weighted by Gasteiger charge is -2.22. The van der Waals surface area contributed by atoms with Crippen molar-refractivity contribution in [3.05, 3.63) is 53.4 Å². The Morgan fingerprint density at radius 2 is 1.95 bits per heavy atom. The Hall–Kier alpha value is -2.63. The minimum atomic E-state index is -1.05. The Kier molecular flexibility index (Phi) is 3.01. The van der Waals surface area contributed by atoms with E-state index in [0.29, 0.717) is 5.69 Å². The third-order valence-corrected chi connectivity index (χ3v) is 3.72. The van der Waals surface area contributed by atoms with Crippen LogP contribution >= 0.6 is 0 Å². The summed E-state index contributed by atoms with van der Waals surface area (Å²) in [7, 11) is 0. The zero-order valence-corrected chi connectivity index (χ0v) is 11.8. The molecule has 6 heteroatoms. The predicted octanol–water partition coefficient (Wildman–Crippen LogP) is 1.95. The first-order valence-corrected chi connectivity index (χ1v) is 6.61. The van der Waals surface area contributed by atoms with Crippen LogP contribution in [0.4, 0.5) is 4.79 Å². The number of aryl methyl sites for hydroxylation is 1. The second-order valence-electron chi connectivity index (χ2n) is 5.30. The highest BCUT2D eigenvalue weighted by Crippen LogP contribution is 2.29. The van der Waals surface area contributed by atoms with Crippen LogP contribution in [0, 0.1) is 6.92 Å². The van der Waals surface area contributed by atoms with Gasteiger partial charge < -0.3 is 9.84 Å². The van der Waals surface area contributed by atoms with Crippen molar-refractivity contribution in [1.29, 1.82) is 0 Å².